The van der Waals surface area contributed by atoms with Crippen LogP contribution < -0.4 is 4.72 Å². The molecular formula is C14H8Cl2N2O3S2. The van der Waals surface area contributed by atoms with Crippen molar-refractivity contribution in [2.24, 2.45) is 0 Å². The Balaban J connectivity index is 1.92. The molecule has 1 heterocycles. The van der Waals surface area contributed by atoms with Crippen molar-refractivity contribution in [3.63, 3.8) is 0 Å². The number of nitrogens with zero attached hydrogens (tertiary/aromatic N) is 1. The smallest absolute Gasteiger partial charge is 0.266 e. The highest BCUT2D eigenvalue weighted by Gasteiger charge is 2.21. The Labute approximate surface area is 145 Å². The van der Waals surface area contributed by atoms with E-state index in [2.05, 4.69) is 4.98 Å². The van der Waals surface area contributed by atoms with Crippen LogP contribution in [-0.4, -0.2) is 19.3 Å². The maximum Gasteiger partial charge on any atom is 0.266 e. The molecule has 1 amide bonds. The number of rotatable bonds is 3. The lowest BCUT2D eigenvalue weighted by molar-refractivity contribution is 0.0981. The number of amides is 1. The van der Waals surface area contributed by atoms with Gasteiger partial charge < -0.3 is 0 Å². The SMILES string of the molecule is O=C(NS(=O)(=O)c1ccc2ncsc2c1)c1ccc(Cl)cc1Cl. The van der Waals surface area contributed by atoms with Crippen molar-refractivity contribution in [3.8, 4) is 0 Å². The fourth-order valence-corrected chi connectivity index (χ4v) is 4.19. The first-order chi connectivity index (χ1) is 10.9. The van der Waals surface area contributed by atoms with Crippen molar-refractivity contribution in [1.29, 1.82) is 0 Å². The average Bonchev–Trinajstić information content (AvgIpc) is 2.93. The van der Waals surface area contributed by atoms with Crippen molar-refractivity contribution in [1.82, 2.24) is 9.71 Å². The molecule has 0 aliphatic rings. The number of nitrogens with one attached hydrogen (secondary N) is 1. The van der Waals surface area contributed by atoms with E-state index in [9.17, 15) is 13.2 Å². The number of halogens is 2. The molecular weight excluding hydrogens is 379 g/mol. The van der Waals surface area contributed by atoms with Crippen LogP contribution in [-0.2, 0) is 10.0 Å². The zero-order valence-electron chi connectivity index (χ0n) is 11.3. The van der Waals surface area contributed by atoms with E-state index >= 15 is 0 Å². The molecule has 0 radical (unpaired) electrons. The summed E-state index contributed by atoms with van der Waals surface area (Å²) in [7, 11) is -4.02. The maximum absolute atomic E-state index is 12.3. The lowest BCUT2D eigenvalue weighted by Crippen LogP contribution is -2.30. The third kappa shape index (κ3) is 3.32. The van der Waals surface area contributed by atoms with Gasteiger partial charge >= 0.3 is 0 Å². The second kappa shape index (κ2) is 6.09. The van der Waals surface area contributed by atoms with E-state index in [0.29, 0.717) is 15.2 Å². The first-order valence-corrected chi connectivity index (χ1v) is 9.34. The fourth-order valence-electron chi connectivity index (χ4n) is 1.91. The van der Waals surface area contributed by atoms with Crippen LogP contribution in [0.5, 0.6) is 0 Å². The van der Waals surface area contributed by atoms with Gasteiger partial charge in [-0.1, -0.05) is 23.2 Å². The summed E-state index contributed by atoms with van der Waals surface area (Å²) in [5, 5.41) is 0.424. The molecule has 1 N–H and O–H groups in total. The van der Waals surface area contributed by atoms with Gasteiger partial charge in [0, 0.05) is 5.02 Å². The molecule has 0 unspecified atom stereocenters. The fraction of sp³-hybridized carbons (Fsp3) is 0. The predicted octanol–water partition coefficient (Wildman–Crippen LogP) is 3.72. The molecule has 0 atom stereocenters. The highest BCUT2D eigenvalue weighted by Crippen LogP contribution is 2.23. The van der Waals surface area contributed by atoms with Crippen LogP contribution >= 0.6 is 34.5 Å². The van der Waals surface area contributed by atoms with Crippen LogP contribution in [0, 0.1) is 0 Å². The Morgan fingerprint density at radius 2 is 1.91 bits per heavy atom. The Morgan fingerprint density at radius 3 is 2.65 bits per heavy atom. The zero-order chi connectivity index (χ0) is 16.6. The van der Waals surface area contributed by atoms with E-state index in [4.69, 9.17) is 23.2 Å². The first kappa shape index (κ1) is 16.2. The van der Waals surface area contributed by atoms with Gasteiger partial charge in [-0.05, 0) is 36.4 Å². The normalized spacial score (nSPS) is 11.6. The molecule has 3 rings (SSSR count). The third-order valence-corrected chi connectivity index (χ3v) is 5.68. The molecule has 0 bridgehead atoms. The van der Waals surface area contributed by atoms with Gasteiger partial charge in [-0.15, -0.1) is 11.3 Å². The highest BCUT2D eigenvalue weighted by atomic mass is 35.5. The summed E-state index contributed by atoms with van der Waals surface area (Å²) in [4.78, 5) is 16.2. The minimum Gasteiger partial charge on any atom is -0.268 e. The second-order valence-electron chi connectivity index (χ2n) is 4.54. The lowest BCUT2D eigenvalue weighted by atomic mass is 10.2. The third-order valence-electron chi connectivity index (χ3n) is 3.02. The highest BCUT2D eigenvalue weighted by molar-refractivity contribution is 7.90. The van der Waals surface area contributed by atoms with E-state index in [-0.39, 0.29) is 15.5 Å². The summed E-state index contributed by atoms with van der Waals surface area (Å²) in [5.74, 6) is -0.823. The monoisotopic (exact) mass is 386 g/mol. The quantitative estimate of drug-likeness (QED) is 0.743. The van der Waals surface area contributed by atoms with Crippen LogP contribution in [0.4, 0.5) is 0 Å². The number of aromatic nitrogens is 1. The minimum atomic E-state index is -4.02. The number of carbonyl (C=O) groups excluding carboxylic acids is 1. The van der Waals surface area contributed by atoms with Crippen molar-refractivity contribution >= 4 is 60.7 Å². The van der Waals surface area contributed by atoms with Crippen LogP contribution in [0.2, 0.25) is 10.0 Å². The number of carbonyl (C=O) groups is 1. The lowest BCUT2D eigenvalue weighted by Gasteiger charge is -2.08. The van der Waals surface area contributed by atoms with Gasteiger partial charge in [0.1, 0.15) is 0 Å². The number of thiazole rings is 1. The Bertz CT molecular complexity index is 1020. The number of hydrogen-bond acceptors (Lipinski definition) is 5. The number of hydrogen-bond donors (Lipinski definition) is 1. The number of fused-ring (bicyclic) bond motifs is 1. The van der Waals surface area contributed by atoms with E-state index in [1.165, 1.54) is 41.7 Å². The van der Waals surface area contributed by atoms with E-state index in [1.807, 2.05) is 4.72 Å². The molecule has 2 aromatic carbocycles. The van der Waals surface area contributed by atoms with Crippen molar-refractivity contribution < 1.29 is 13.2 Å². The first-order valence-electron chi connectivity index (χ1n) is 6.22. The van der Waals surface area contributed by atoms with Gasteiger partial charge in [0.2, 0.25) is 0 Å². The molecule has 1 aromatic heterocycles. The van der Waals surface area contributed by atoms with Gasteiger partial charge in [0.15, 0.2) is 0 Å². The summed E-state index contributed by atoms with van der Waals surface area (Å²) in [6.45, 7) is 0. The number of sulfonamides is 1. The molecule has 0 spiro atoms. The van der Waals surface area contributed by atoms with Crippen molar-refractivity contribution in [2.75, 3.05) is 0 Å². The zero-order valence-corrected chi connectivity index (χ0v) is 14.4. The largest absolute Gasteiger partial charge is 0.268 e. The molecule has 23 heavy (non-hydrogen) atoms. The molecule has 5 nitrogen and oxygen atoms in total. The van der Waals surface area contributed by atoms with Crippen molar-refractivity contribution in [3.05, 3.63) is 57.5 Å². The van der Waals surface area contributed by atoms with Crippen LogP contribution in [0.15, 0.2) is 46.8 Å². The van der Waals surface area contributed by atoms with Gasteiger partial charge in [0.05, 0.1) is 31.2 Å². The summed E-state index contributed by atoms with van der Waals surface area (Å²) in [6.07, 6.45) is 0. The van der Waals surface area contributed by atoms with Crippen LogP contribution in [0.25, 0.3) is 10.2 Å². The Kier molecular flexibility index (Phi) is 4.29. The number of benzene rings is 2. The molecule has 3 aromatic rings. The van der Waals surface area contributed by atoms with E-state index in [0.717, 1.165) is 0 Å². The molecule has 0 aliphatic heterocycles. The molecule has 118 valence electrons. The molecule has 0 saturated carbocycles. The van der Waals surface area contributed by atoms with Gasteiger partial charge in [-0.2, -0.15) is 0 Å². The van der Waals surface area contributed by atoms with Gasteiger partial charge in [-0.25, -0.2) is 18.1 Å². The molecule has 0 saturated heterocycles. The summed E-state index contributed by atoms with van der Waals surface area (Å²) < 4.78 is 27.4. The minimum absolute atomic E-state index is 0.0207. The summed E-state index contributed by atoms with van der Waals surface area (Å²) in [5.41, 5.74) is 2.34. The second-order valence-corrected chi connectivity index (χ2v) is 7.95. The molecule has 9 heteroatoms. The van der Waals surface area contributed by atoms with Crippen LogP contribution in [0.1, 0.15) is 10.4 Å². The Morgan fingerprint density at radius 1 is 1.13 bits per heavy atom. The average molecular weight is 387 g/mol. The van der Waals surface area contributed by atoms with Crippen molar-refractivity contribution in [2.45, 2.75) is 4.90 Å². The standard InChI is InChI=1S/C14H8Cl2N2O3S2/c15-8-1-3-10(11(16)5-8)14(19)18-23(20,21)9-2-4-12-13(6-9)22-7-17-12/h1-7H,(H,18,19). The van der Waals surface area contributed by atoms with Gasteiger partial charge in [-0.3, -0.25) is 4.79 Å². The van der Waals surface area contributed by atoms with Gasteiger partial charge in [0.25, 0.3) is 15.9 Å². The summed E-state index contributed by atoms with van der Waals surface area (Å²) >= 11 is 13.0. The molecule has 0 aliphatic carbocycles. The topological polar surface area (TPSA) is 76.1 Å². The molecule has 0 fully saturated rings. The van der Waals surface area contributed by atoms with E-state index < -0.39 is 15.9 Å². The van der Waals surface area contributed by atoms with E-state index in [1.54, 1.807) is 11.6 Å². The summed E-state index contributed by atoms with van der Waals surface area (Å²) in [6, 6.07) is 8.63. The Hall–Kier alpha value is -1.67. The predicted molar refractivity (Wildman–Crippen MR) is 90.7 cm³/mol. The maximum atomic E-state index is 12.3. The van der Waals surface area contributed by atoms with Crippen LogP contribution in [0.3, 0.4) is 0 Å².